The van der Waals surface area contributed by atoms with Crippen LogP contribution in [0, 0.1) is 0 Å². The first-order valence-corrected chi connectivity index (χ1v) is 20.4. The van der Waals surface area contributed by atoms with Crippen LogP contribution >= 0.6 is 0 Å². The van der Waals surface area contributed by atoms with E-state index >= 15 is 0 Å². The van der Waals surface area contributed by atoms with Gasteiger partial charge in [-0.1, -0.05) is 188 Å². The molecule has 0 fully saturated rings. The summed E-state index contributed by atoms with van der Waals surface area (Å²) in [6.07, 6.45) is 0. The van der Waals surface area contributed by atoms with Crippen LogP contribution in [0.5, 0.6) is 0 Å². The van der Waals surface area contributed by atoms with Crippen molar-refractivity contribution in [3.63, 3.8) is 0 Å². The molecule has 0 radical (unpaired) electrons. The first kappa shape index (κ1) is 33.4. The standard InChI is InChI=1S/C58H37N/c1-2-20-42(21-3-1)59-55(51-30-32-53(49-28-14-12-26-47(49)51)57-43-22-8-4-16-38(43)36-39-17-5-9-23-44(39)57)34-35-56(59)52-31-33-54(50-29-15-13-27-48(50)52)58-45-24-10-6-18-40(45)37-41-19-7-11-25-46(41)58/h1-37H. The lowest BCUT2D eigenvalue weighted by atomic mass is 9.88. The Morgan fingerprint density at radius 2 is 0.508 bits per heavy atom. The Bertz CT molecular complexity index is 3280. The highest BCUT2D eigenvalue weighted by atomic mass is 15.0. The molecule has 1 nitrogen and oxygen atoms in total. The number of hydrogen-bond acceptors (Lipinski definition) is 0. The third kappa shape index (κ3) is 5.25. The highest BCUT2D eigenvalue weighted by molar-refractivity contribution is 6.20. The maximum Gasteiger partial charge on any atom is 0.0541 e. The van der Waals surface area contributed by atoms with Crippen molar-refractivity contribution in [2.24, 2.45) is 0 Å². The van der Waals surface area contributed by atoms with E-state index < -0.39 is 0 Å². The lowest BCUT2D eigenvalue weighted by Crippen LogP contribution is -2.00. The third-order valence-corrected chi connectivity index (χ3v) is 12.4. The van der Waals surface area contributed by atoms with Crippen LogP contribution < -0.4 is 0 Å². The molecule has 0 N–H and O–H groups in total. The van der Waals surface area contributed by atoms with Crippen LogP contribution in [0.25, 0.3) is 115 Å². The van der Waals surface area contributed by atoms with Crippen LogP contribution in [-0.2, 0) is 0 Å². The second kappa shape index (κ2) is 13.4. The Kier molecular flexibility index (Phi) is 7.61. The number of aromatic nitrogens is 1. The van der Waals surface area contributed by atoms with Crippen LogP contribution in [0.4, 0.5) is 0 Å². The van der Waals surface area contributed by atoms with E-state index in [4.69, 9.17) is 0 Å². The minimum Gasteiger partial charge on any atom is -0.309 e. The summed E-state index contributed by atoms with van der Waals surface area (Å²) >= 11 is 0. The Hall–Kier alpha value is -7.74. The summed E-state index contributed by atoms with van der Waals surface area (Å²) < 4.78 is 2.46. The molecule has 0 aliphatic carbocycles. The van der Waals surface area contributed by atoms with Gasteiger partial charge in [-0.25, -0.2) is 0 Å². The van der Waals surface area contributed by atoms with Gasteiger partial charge in [0.25, 0.3) is 0 Å². The summed E-state index contributed by atoms with van der Waals surface area (Å²) in [6.45, 7) is 0. The quantitative estimate of drug-likeness (QED) is 0.155. The summed E-state index contributed by atoms with van der Waals surface area (Å²) in [6, 6.07) is 82.6. The van der Waals surface area contributed by atoms with Gasteiger partial charge in [-0.15, -0.1) is 0 Å². The highest BCUT2D eigenvalue weighted by Gasteiger charge is 2.21. The molecule has 0 aliphatic heterocycles. The van der Waals surface area contributed by atoms with Crippen molar-refractivity contribution in [2.45, 2.75) is 0 Å². The molecular weight excluding hydrogens is 711 g/mol. The van der Waals surface area contributed by atoms with Gasteiger partial charge in [0.2, 0.25) is 0 Å². The number of benzene rings is 11. The molecule has 0 spiro atoms. The van der Waals surface area contributed by atoms with Crippen LogP contribution in [0.1, 0.15) is 0 Å². The van der Waals surface area contributed by atoms with Crippen LogP contribution in [-0.4, -0.2) is 4.57 Å². The smallest absolute Gasteiger partial charge is 0.0541 e. The minimum atomic E-state index is 1.13. The number of para-hydroxylation sites is 1. The molecule has 1 heterocycles. The van der Waals surface area contributed by atoms with Gasteiger partial charge in [0.05, 0.1) is 11.4 Å². The summed E-state index contributed by atoms with van der Waals surface area (Å²) in [5.41, 5.74) is 10.9. The van der Waals surface area contributed by atoms with Crippen molar-refractivity contribution in [1.29, 1.82) is 0 Å². The molecule has 1 aromatic heterocycles. The van der Waals surface area contributed by atoms with Gasteiger partial charge in [-0.05, 0) is 123 Å². The van der Waals surface area contributed by atoms with Crippen LogP contribution in [0.2, 0.25) is 0 Å². The van der Waals surface area contributed by atoms with Crippen LogP contribution in [0.3, 0.4) is 0 Å². The second-order valence-corrected chi connectivity index (χ2v) is 15.6. The van der Waals surface area contributed by atoms with Gasteiger partial charge in [0, 0.05) is 16.8 Å². The first-order valence-electron chi connectivity index (χ1n) is 20.4. The van der Waals surface area contributed by atoms with Crippen molar-refractivity contribution < 1.29 is 0 Å². The van der Waals surface area contributed by atoms with Crippen LogP contribution in [0.15, 0.2) is 224 Å². The SMILES string of the molecule is c1ccc(-n2c(-c3ccc(-c4c5ccccc5cc5ccccc45)c4ccccc34)ccc2-c2ccc(-c3c4ccccc4cc4ccccc34)c3ccccc23)cc1. The van der Waals surface area contributed by atoms with Gasteiger partial charge in [-0.2, -0.15) is 0 Å². The van der Waals surface area contributed by atoms with Crippen molar-refractivity contribution in [2.75, 3.05) is 0 Å². The molecule has 274 valence electrons. The number of nitrogens with zero attached hydrogens (tertiary/aromatic N) is 1. The predicted molar refractivity (Wildman–Crippen MR) is 253 cm³/mol. The Labute approximate surface area is 342 Å². The molecule has 12 aromatic rings. The topological polar surface area (TPSA) is 4.93 Å². The summed E-state index contributed by atoms with van der Waals surface area (Å²) in [4.78, 5) is 0. The average Bonchev–Trinajstić information content (AvgIpc) is 3.74. The molecule has 0 bridgehead atoms. The van der Waals surface area contributed by atoms with Gasteiger partial charge in [0.15, 0.2) is 0 Å². The van der Waals surface area contributed by atoms with E-state index in [-0.39, 0.29) is 0 Å². The molecule has 12 rings (SSSR count). The third-order valence-electron chi connectivity index (χ3n) is 12.4. The van der Waals surface area contributed by atoms with Crippen molar-refractivity contribution in [3.05, 3.63) is 224 Å². The van der Waals surface area contributed by atoms with Gasteiger partial charge >= 0.3 is 0 Å². The molecule has 1 heteroatoms. The van der Waals surface area contributed by atoms with E-state index in [1.807, 2.05) is 0 Å². The van der Waals surface area contributed by atoms with Crippen molar-refractivity contribution >= 4 is 64.6 Å². The fourth-order valence-electron chi connectivity index (χ4n) is 9.80. The number of rotatable bonds is 5. The molecule has 0 amide bonds. The largest absolute Gasteiger partial charge is 0.309 e. The van der Waals surface area contributed by atoms with Crippen molar-refractivity contribution in [1.82, 2.24) is 4.57 Å². The lowest BCUT2D eigenvalue weighted by Gasteiger charge is -2.20. The zero-order valence-electron chi connectivity index (χ0n) is 32.3. The fraction of sp³-hybridized carbons (Fsp3) is 0. The number of fused-ring (bicyclic) bond motifs is 6. The highest BCUT2D eigenvalue weighted by Crippen LogP contribution is 2.46. The second-order valence-electron chi connectivity index (χ2n) is 15.6. The minimum absolute atomic E-state index is 1.13. The van der Waals surface area contributed by atoms with E-state index in [1.54, 1.807) is 0 Å². The van der Waals surface area contributed by atoms with Crippen molar-refractivity contribution in [3.8, 4) is 50.5 Å². The Morgan fingerprint density at radius 3 is 0.881 bits per heavy atom. The molecule has 0 unspecified atom stereocenters. The predicted octanol–water partition coefficient (Wildman–Crippen LogP) is 16.1. The van der Waals surface area contributed by atoms with E-state index in [9.17, 15) is 0 Å². The molecule has 0 aliphatic rings. The van der Waals surface area contributed by atoms with E-state index in [0.717, 1.165) is 17.1 Å². The summed E-state index contributed by atoms with van der Waals surface area (Å²) in [5.74, 6) is 0. The monoisotopic (exact) mass is 747 g/mol. The zero-order chi connectivity index (χ0) is 38.9. The Morgan fingerprint density at radius 1 is 0.220 bits per heavy atom. The van der Waals surface area contributed by atoms with E-state index in [1.165, 1.54) is 98.0 Å². The Balaban J connectivity index is 1.10. The van der Waals surface area contributed by atoms with E-state index in [2.05, 4.69) is 229 Å². The summed E-state index contributed by atoms with van der Waals surface area (Å²) in [5, 5.41) is 15.0. The van der Waals surface area contributed by atoms with E-state index in [0.29, 0.717) is 0 Å². The maximum atomic E-state index is 2.46. The zero-order valence-corrected chi connectivity index (χ0v) is 32.3. The van der Waals surface area contributed by atoms with Gasteiger partial charge in [-0.3, -0.25) is 0 Å². The van der Waals surface area contributed by atoms with Gasteiger partial charge < -0.3 is 4.57 Å². The lowest BCUT2D eigenvalue weighted by molar-refractivity contribution is 1.10. The average molecular weight is 748 g/mol. The maximum absolute atomic E-state index is 2.46. The fourth-order valence-corrected chi connectivity index (χ4v) is 9.80. The first-order chi connectivity index (χ1) is 29.3. The normalized spacial score (nSPS) is 11.7. The molecular formula is C58H37N. The number of hydrogen-bond donors (Lipinski definition) is 0. The molecule has 0 atom stereocenters. The molecule has 0 saturated carbocycles. The molecule has 59 heavy (non-hydrogen) atoms. The molecule has 0 saturated heterocycles. The van der Waals surface area contributed by atoms with Gasteiger partial charge in [0.1, 0.15) is 0 Å². The molecule has 11 aromatic carbocycles. The summed E-state index contributed by atoms with van der Waals surface area (Å²) in [7, 11) is 0.